The van der Waals surface area contributed by atoms with E-state index < -0.39 is 0 Å². The highest BCUT2D eigenvalue weighted by Gasteiger charge is 2.34. The van der Waals surface area contributed by atoms with E-state index in [0.29, 0.717) is 24.9 Å². The molecule has 9 heteroatoms. The third-order valence-electron chi connectivity index (χ3n) is 7.03. The summed E-state index contributed by atoms with van der Waals surface area (Å²) in [7, 11) is 1.91. The fourth-order valence-corrected chi connectivity index (χ4v) is 5.31. The van der Waals surface area contributed by atoms with Gasteiger partial charge < -0.3 is 14.8 Å². The minimum atomic E-state index is -0.0195. The third kappa shape index (κ3) is 4.07. The van der Waals surface area contributed by atoms with Crippen molar-refractivity contribution in [3.05, 3.63) is 46.9 Å². The van der Waals surface area contributed by atoms with Crippen LogP contribution >= 0.6 is 0 Å². The van der Waals surface area contributed by atoms with Crippen LogP contribution in [0, 0.1) is 0 Å². The van der Waals surface area contributed by atoms with Gasteiger partial charge in [0, 0.05) is 37.7 Å². The third-order valence-corrected chi connectivity index (χ3v) is 7.03. The number of pyridine rings is 2. The first-order valence-corrected chi connectivity index (χ1v) is 12.8. The Morgan fingerprint density at radius 3 is 2.71 bits per heavy atom. The van der Waals surface area contributed by atoms with Gasteiger partial charge in [0.1, 0.15) is 23.2 Å². The van der Waals surface area contributed by atoms with Gasteiger partial charge in [0.05, 0.1) is 17.8 Å². The lowest BCUT2D eigenvalue weighted by molar-refractivity contribution is 0.0996. The summed E-state index contributed by atoms with van der Waals surface area (Å²) in [6.45, 7) is 9.22. The average molecular weight is 475 g/mol. The first-order valence-electron chi connectivity index (χ1n) is 12.8. The fraction of sp³-hybridized carbons (Fsp3) is 0.500. The van der Waals surface area contributed by atoms with Gasteiger partial charge in [0.2, 0.25) is 0 Å². The number of aryl methyl sites for hydroxylation is 1. The molecule has 1 fully saturated rings. The van der Waals surface area contributed by atoms with Crippen LogP contribution in [0.15, 0.2) is 24.3 Å². The SMILES string of the molecule is CC.CNCc1nc(N2CCCC2C)cc2c1CN(c1cccc(-c3nnc4n3CCC4)n1)C2=O. The monoisotopic (exact) mass is 474 g/mol. The van der Waals surface area contributed by atoms with Crippen molar-refractivity contribution in [3.63, 3.8) is 0 Å². The predicted molar refractivity (Wildman–Crippen MR) is 136 cm³/mol. The van der Waals surface area contributed by atoms with Crippen molar-refractivity contribution in [2.24, 2.45) is 0 Å². The number of amides is 1. The molecule has 0 radical (unpaired) electrons. The Kier molecular flexibility index (Phi) is 6.51. The normalized spacial score (nSPS) is 18.5. The van der Waals surface area contributed by atoms with Gasteiger partial charge in [-0.15, -0.1) is 10.2 Å². The van der Waals surface area contributed by atoms with Gasteiger partial charge in [0.15, 0.2) is 5.82 Å². The van der Waals surface area contributed by atoms with E-state index in [2.05, 4.69) is 31.9 Å². The molecule has 184 valence electrons. The molecule has 3 aliphatic rings. The number of nitrogens with one attached hydrogen (secondary N) is 1. The lowest BCUT2D eigenvalue weighted by atomic mass is 10.1. The van der Waals surface area contributed by atoms with Gasteiger partial charge in [0.25, 0.3) is 5.91 Å². The van der Waals surface area contributed by atoms with Crippen LogP contribution in [0.4, 0.5) is 11.6 Å². The molecule has 0 saturated carbocycles. The molecule has 9 nitrogen and oxygen atoms in total. The molecule has 3 aromatic rings. The molecule has 1 amide bonds. The molecular weight excluding hydrogens is 440 g/mol. The minimum absolute atomic E-state index is 0.0195. The summed E-state index contributed by atoms with van der Waals surface area (Å²) in [5.41, 5.74) is 3.41. The molecule has 3 aliphatic heterocycles. The molecule has 0 bridgehead atoms. The van der Waals surface area contributed by atoms with Crippen molar-refractivity contribution < 1.29 is 4.79 Å². The van der Waals surface area contributed by atoms with Crippen LogP contribution in [0.2, 0.25) is 0 Å². The maximum Gasteiger partial charge on any atom is 0.260 e. The molecule has 3 aromatic heterocycles. The van der Waals surface area contributed by atoms with Crippen LogP contribution in [-0.2, 0) is 26.1 Å². The standard InChI is InChI=1S/C24H28N8O.C2H6/c1-15-6-4-10-30(15)22-12-16-17(19(27-22)13-25-2)14-32(24(16)33)20-8-3-7-18(26-20)23-29-28-21-9-5-11-31(21)23;1-2/h3,7-8,12,15,25H,4-6,9-11,13-14H2,1-2H3;1-2H3. The van der Waals surface area contributed by atoms with Crippen LogP contribution in [0.1, 0.15) is 67.5 Å². The van der Waals surface area contributed by atoms with Crippen molar-refractivity contribution in [2.45, 2.75) is 72.1 Å². The summed E-state index contributed by atoms with van der Waals surface area (Å²) >= 11 is 0. The number of nitrogens with zero attached hydrogens (tertiary/aromatic N) is 7. The number of fused-ring (bicyclic) bond motifs is 2. The maximum absolute atomic E-state index is 13.6. The molecule has 0 aliphatic carbocycles. The highest BCUT2D eigenvalue weighted by molar-refractivity contribution is 6.10. The van der Waals surface area contributed by atoms with E-state index in [1.54, 1.807) is 4.90 Å². The Morgan fingerprint density at radius 1 is 1.09 bits per heavy atom. The molecule has 6 rings (SSSR count). The van der Waals surface area contributed by atoms with Crippen molar-refractivity contribution >= 4 is 17.5 Å². The summed E-state index contributed by atoms with van der Waals surface area (Å²) in [6, 6.07) is 8.19. The van der Waals surface area contributed by atoms with Crippen LogP contribution < -0.4 is 15.1 Å². The van der Waals surface area contributed by atoms with E-state index in [9.17, 15) is 4.79 Å². The van der Waals surface area contributed by atoms with E-state index in [0.717, 1.165) is 78.8 Å². The highest BCUT2D eigenvalue weighted by Crippen LogP contribution is 2.34. The average Bonchev–Trinajstić information content (AvgIpc) is 3.66. The number of carbonyl (C=O) groups excluding carboxylic acids is 1. The van der Waals surface area contributed by atoms with Crippen molar-refractivity contribution in [1.82, 2.24) is 30.0 Å². The Balaban J connectivity index is 0.00000124. The summed E-state index contributed by atoms with van der Waals surface area (Å²) in [4.78, 5) is 27.5. The second-order valence-electron chi connectivity index (χ2n) is 9.14. The first-order chi connectivity index (χ1) is 17.1. The largest absolute Gasteiger partial charge is 0.354 e. The maximum atomic E-state index is 13.6. The molecule has 0 spiro atoms. The van der Waals surface area contributed by atoms with Crippen molar-refractivity contribution in [3.8, 4) is 11.5 Å². The Bertz CT molecular complexity index is 1240. The zero-order valence-corrected chi connectivity index (χ0v) is 21.1. The number of hydrogen-bond donors (Lipinski definition) is 1. The second-order valence-corrected chi connectivity index (χ2v) is 9.14. The Labute approximate surface area is 206 Å². The summed E-state index contributed by atoms with van der Waals surface area (Å²) in [6.07, 6.45) is 4.34. The minimum Gasteiger partial charge on any atom is -0.354 e. The zero-order valence-electron chi connectivity index (χ0n) is 21.1. The van der Waals surface area contributed by atoms with Crippen molar-refractivity contribution in [2.75, 3.05) is 23.4 Å². The number of carbonyl (C=O) groups is 1. The van der Waals surface area contributed by atoms with Crippen LogP contribution in [0.5, 0.6) is 0 Å². The van der Waals surface area contributed by atoms with Crippen LogP contribution in [0.3, 0.4) is 0 Å². The quantitative estimate of drug-likeness (QED) is 0.604. The van der Waals surface area contributed by atoms with Gasteiger partial charge in [-0.3, -0.25) is 9.69 Å². The topological polar surface area (TPSA) is 92.1 Å². The fourth-order valence-electron chi connectivity index (χ4n) is 5.31. The molecule has 1 unspecified atom stereocenters. The van der Waals surface area contributed by atoms with Crippen molar-refractivity contribution in [1.29, 1.82) is 0 Å². The predicted octanol–water partition coefficient (Wildman–Crippen LogP) is 3.58. The molecule has 1 saturated heterocycles. The molecule has 0 aromatic carbocycles. The molecular formula is C26H34N8O. The molecule has 1 N–H and O–H groups in total. The van der Waals surface area contributed by atoms with Gasteiger partial charge in [-0.1, -0.05) is 19.9 Å². The van der Waals surface area contributed by atoms with Gasteiger partial charge >= 0.3 is 0 Å². The van der Waals surface area contributed by atoms with Crippen LogP contribution in [0.25, 0.3) is 11.5 Å². The first kappa shape index (κ1) is 23.4. The van der Waals surface area contributed by atoms with E-state index in [-0.39, 0.29) is 5.91 Å². The van der Waals surface area contributed by atoms with E-state index in [1.807, 2.05) is 45.2 Å². The Morgan fingerprint density at radius 2 is 1.94 bits per heavy atom. The summed E-state index contributed by atoms with van der Waals surface area (Å²) in [5.74, 6) is 3.30. The summed E-state index contributed by atoms with van der Waals surface area (Å²) < 4.78 is 2.13. The van der Waals surface area contributed by atoms with Crippen LogP contribution in [-0.4, -0.2) is 50.3 Å². The number of hydrogen-bond acceptors (Lipinski definition) is 7. The highest BCUT2D eigenvalue weighted by atomic mass is 16.2. The number of rotatable bonds is 5. The van der Waals surface area contributed by atoms with E-state index in [4.69, 9.17) is 9.97 Å². The smallest absolute Gasteiger partial charge is 0.260 e. The lowest BCUT2D eigenvalue weighted by Crippen LogP contribution is -2.28. The summed E-state index contributed by atoms with van der Waals surface area (Å²) in [5, 5.41) is 11.9. The number of anilines is 2. The lowest BCUT2D eigenvalue weighted by Gasteiger charge is -2.24. The molecule has 1 atom stereocenters. The molecule has 35 heavy (non-hydrogen) atoms. The van der Waals surface area contributed by atoms with E-state index >= 15 is 0 Å². The zero-order chi connectivity index (χ0) is 24.5. The van der Waals surface area contributed by atoms with Gasteiger partial charge in [-0.2, -0.15) is 0 Å². The van der Waals surface area contributed by atoms with E-state index in [1.165, 1.54) is 0 Å². The second kappa shape index (κ2) is 9.73. The molecule has 6 heterocycles. The van der Waals surface area contributed by atoms with Gasteiger partial charge in [-0.25, -0.2) is 9.97 Å². The van der Waals surface area contributed by atoms with Gasteiger partial charge in [-0.05, 0) is 51.4 Å². The Hall–Kier alpha value is -3.33. The number of aromatic nitrogens is 5.